The summed E-state index contributed by atoms with van der Waals surface area (Å²) in [5.41, 5.74) is 7.52. The molecule has 250 valence electrons. The van der Waals surface area contributed by atoms with Crippen molar-refractivity contribution in [3.8, 4) is 11.1 Å². The summed E-state index contributed by atoms with van der Waals surface area (Å²) >= 11 is 0. The van der Waals surface area contributed by atoms with E-state index in [-0.39, 0.29) is 37.6 Å². The number of carbonyl (C=O) groups excluding carboxylic acids is 2. The molecule has 0 unspecified atom stereocenters. The molecule has 0 bridgehead atoms. The number of amides is 2. The van der Waals surface area contributed by atoms with Crippen LogP contribution in [0.4, 0.5) is 0 Å². The molecule has 1 heterocycles. The number of aliphatic hydroxyl groups is 1. The minimum atomic E-state index is -0.524. The maximum atomic E-state index is 12.2. The molecule has 0 spiro atoms. The molecule has 1 saturated carbocycles. The van der Waals surface area contributed by atoms with Crippen molar-refractivity contribution in [2.45, 2.75) is 89.1 Å². The molecular weight excluding hydrogens is 594 g/mol. The molecule has 1 aliphatic heterocycles. The largest absolute Gasteiger partial charge is 0.392 e. The highest BCUT2D eigenvalue weighted by Gasteiger charge is 2.34. The first-order valence-corrected chi connectivity index (χ1v) is 16.7. The van der Waals surface area contributed by atoms with Gasteiger partial charge in [-0.25, -0.2) is 5.48 Å². The van der Waals surface area contributed by atoms with Crippen LogP contribution in [0.15, 0.2) is 85.5 Å². The van der Waals surface area contributed by atoms with Gasteiger partial charge in [0.2, 0.25) is 11.8 Å². The number of hydrogen-bond donors (Lipinski definition) is 4. The number of benzene rings is 3. The van der Waals surface area contributed by atoms with Gasteiger partial charge in [-0.15, -0.1) is 6.58 Å². The van der Waals surface area contributed by atoms with Crippen molar-refractivity contribution in [1.82, 2.24) is 15.7 Å². The van der Waals surface area contributed by atoms with E-state index in [1.807, 2.05) is 48.5 Å². The SMILES string of the molecule is C=CCN(C[C@H]1C[C@@H](c2ccc(CO)cc2)O[C@@H](c2ccc(-c3cccc(CNC(=O)CCCC(=O)NO)c3)cc2)O1)C1CCCC1. The number of aliphatic hydroxyl groups excluding tert-OH is 1. The highest BCUT2D eigenvalue weighted by atomic mass is 16.7. The van der Waals surface area contributed by atoms with Gasteiger partial charge in [-0.05, 0) is 53.1 Å². The van der Waals surface area contributed by atoms with Gasteiger partial charge in [-0.3, -0.25) is 19.7 Å². The zero-order valence-corrected chi connectivity index (χ0v) is 27.0. The van der Waals surface area contributed by atoms with Crippen molar-refractivity contribution >= 4 is 11.8 Å². The third-order valence-corrected chi connectivity index (χ3v) is 9.12. The first kappa shape index (κ1) is 34.5. The average molecular weight is 642 g/mol. The zero-order chi connectivity index (χ0) is 33.0. The van der Waals surface area contributed by atoms with Gasteiger partial charge in [0.25, 0.3) is 0 Å². The van der Waals surface area contributed by atoms with Gasteiger partial charge in [-0.1, -0.05) is 85.6 Å². The molecule has 3 atom stereocenters. The minimum absolute atomic E-state index is 0.00928. The maximum Gasteiger partial charge on any atom is 0.243 e. The summed E-state index contributed by atoms with van der Waals surface area (Å²) in [7, 11) is 0. The average Bonchev–Trinajstić information content (AvgIpc) is 3.66. The molecule has 1 saturated heterocycles. The molecule has 47 heavy (non-hydrogen) atoms. The summed E-state index contributed by atoms with van der Waals surface area (Å²) < 4.78 is 13.3. The van der Waals surface area contributed by atoms with Crippen LogP contribution in [0.1, 0.15) is 86.0 Å². The lowest BCUT2D eigenvalue weighted by Gasteiger charge is -2.39. The number of carbonyl (C=O) groups is 2. The Hall–Kier alpha value is -3.86. The number of hydroxylamine groups is 1. The Morgan fingerprint density at radius 1 is 0.894 bits per heavy atom. The molecule has 4 N–H and O–H groups in total. The quantitative estimate of drug-likeness (QED) is 0.0898. The number of nitrogens with zero attached hydrogens (tertiary/aromatic N) is 1. The zero-order valence-electron chi connectivity index (χ0n) is 27.0. The summed E-state index contributed by atoms with van der Waals surface area (Å²) in [6.45, 7) is 6.07. The smallest absolute Gasteiger partial charge is 0.243 e. The first-order chi connectivity index (χ1) is 22.9. The van der Waals surface area contributed by atoms with Crippen molar-refractivity contribution in [1.29, 1.82) is 0 Å². The van der Waals surface area contributed by atoms with E-state index in [2.05, 4.69) is 47.1 Å². The first-order valence-electron chi connectivity index (χ1n) is 16.7. The summed E-state index contributed by atoms with van der Waals surface area (Å²) in [5, 5.41) is 21.0. The number of hydrogen-bond acceptors (Lipinski definition) is 7. The molecule has 2 amide bonds. The molecule has 2 aliphatic rings. The Balaban J connectivity index is 1.27. The van der Waals surface area contributed by atoms with Crippen LogP contribution in [0.3, 0.4) is 0 Å². The van der Waals surface area contributed by atoms with Crippen LogP contribution >= 0.6 is 0 Å². The fraction of sp³-hybridized carbons (Fsp3) is 0.421. The summed E-state index contributed by atoms with van der Waals surface area (Å²) in [6.07, 6.45) is 7.70. The third kappa shape index (κ3) is 9.82. The van der Waals surface area contributed by atoms with Crippen molar-refractivity contribution in [2.75, 3.05) is 13.1 Å². The van der Waals surface area contributed by atoms with E-state index in [0.717, 1.165) is 52.9 Å². The normalized spacial score (nSPS) is 19.9. The maximum absolute atomic E-state index is 12.2. The Kier molecular flexibility index (Phi) is 12.7. The Labute approximate surface area is 277 Å². The van der Waals surface area contributed by atoms with Gasteiger partial charge in [0.1, 0.15) is 0 Å². The van der Waals surface area contributed by atoms with Crippen LogP contribution < -0.4 is 10.8 Å². The molecule has 9 heteroatoms. The van der Waals surface area contributed by atoms with Crippen LogP contribution in [0.5, 0.6) is 0 Å². The highest BCUT2D eigenvalue weighted by Crippen LogP contribution is 2.39. The summed E-state index contributed by atoms with van der Waals surface area (Å²) in [6, 6.07) is 24.9. The van der Waals surface area contributed by atoms with Crippen molar-refractivity contribution in [3.63, 3.8) is 0 Å². The fourth-order valence-corrected chi connectivity index (χ4v) is 6.55. The van der Waals surface area contributed by atoms with E-state index in [1.165, 1.54) is 25.7 Å². The minimum Gasteiger partial charge on any atom is -0.392 e. The lowest BCUT2D eigenvalue weighted by atomic mass is 9.98. The van der Waals surface area contributed by atoms with Crippen LogP contribution in [0, 0.1) is 0 Å². The van der Waals surface area contributed by atoms with Gasteiger partial charge >= 0.3 is 0 Å². The van der Waals surface area contributed by atoms with Crippen LogP contribution in [-0.4, -0.2) is 52.3 Å². The molecule has 3 aromatic rings. The molecule has 3 aromatic carbocycles. The van der Waals surface area contributed by atoms with Crippen molar-refractivity contribution < 1.29 is 29.4 Å². The van der Waals surface area contributed by atoms with Crippen LogP contribution in [0.2, 0.25) is 0 Å². The van der Waals surface area contributed by atoms with E-state index in [0.29, 0.717) is 19.0 Å². The van der Waals surface area contributed by atoms with Crippen LogP contribution in [-0.2, 0) is 32.2 Å². The second kappa shape index (κ2) is 17.3. The Morgan fingerprint density at radius 2 is 1.62 bits per heavy atom. The van der Waals surface area contributed by atoms with Crippen molar-refractivity contribution in [3.05, 3.63) is 108 Å². The van der Waals surface area contributed by atoms with Crippen LogP contribution in [0.25, 0.3) is 11.1 Å². The van der Waals surface area contributed by atoms with E-state index in [1.54, 1.807) is 5.48 Å². The summed E-state index contributed by atoms with van der Waals surface area (Å²) in [5.74, 6) is -0.643. The molecule has 5 rings (SSSR count). The van der Waals surface area contributed by atoms with Gasteiger partial charge in [0, 0.05) is 50.5 Å². The number of nitrogens with one attached hydrogen (secondary N) is 2. The fourth-order valence-electron chi connectivity index (χ4n) is 6.55. The van der Waals surface area contributed by atoms with E-state index in [4.69, 9.17) is 14.7 Å². The lowest BCUT2D eigenvalue weighted by Crippen LogP contribution is -2.43. The molecule has 0 aromatic heterocycles. The molecule has 1 aliphatic carbocycles. The third-order valence-electron chi connectivity index (χ3n) is 9.12. The Morgan fingerprint density at radius 3 is 2.32 bits per heavy atom. The van der Waals surface area contributed by atoms with E-state index < -0.39 is 12.2 Å². The summed E-state index contributed by atoms with van der Waals surface area (Å²) in [4.78, 5) is 25.9. The molecule has 2 fully saturated rings. The number of rotatable bonds is 15. The topological polar surface area (TPSA) is 120 Å². The molecular formula is C38H47N3O6. The van der Waals surface area contributed by atoms with Gasteiger partial charge in [-0.2, -0.15) is 0 Å². The van der Waals surface area contributed by atoms with Gasteiger partial charge in [0.15, 0.2) is 6.29 Å². The molecule has 0 radical (unpaired) electrons. The highest BCUT2D eigenvalue weighted by molar-refractivity contribution is 5.78. The second-order valence-electron chi connectivity index (χ2n) is 12.5. The Bertz CT molecular complexity index is 1450. The monoisotopic (exact) mass is 641 g/mol. The van der Waals surface area contributed by atoms with Crippen molar-refractivity contribution in [2.24, 2.45) is 0 Å². The standard InChI is InChI=1S/C38H47N3O6/c1-2-21-41(33-9-3-4-10-33)25-34-23-35(30-15-13-27(26-42)14-16-30)47-38(46-34)31-19-17-29(18-20-31)32-8-5-7-28(22-32)24-39-36(43)11-6-12-37(44)40-45/h2,5,7-8,13-20,22,33-35,38,42,45H,1,3-4,6,9-12,21,23-26H2,(H,39,43)(H,40,44)/t34-,35+,38+/m1/s1. The molecule has 9 nitrogen and oxygen atoms in total. The van der Waals surface area contributed by atoms with Gasteiger partial charge in [0.05, 0.1) is 18.8 Å². The predicted octanol–water partition coefficient (Wildman–Crippen LogP) is 6.11. The van der Waals surface area contributed by atoms with E-state index in [9.17, 15) is 14.7 Å². The second-order valence-corrected chi connectivity index (χ2v) is 12.5. The van der Waals surface area contributed by atoms with E-state index >= 15 is 0 Å². The lowest BCUT2D eigenvalue weighted by molar-refractivity contribution is -0.253. The van der Waals surface area contributed by atoms with Gasteiger partial charge < -0.3 is 19.9 Å². The predicted molar refractivity (Wildman–Crippen MR) is 180 cm³/mol. The number of ether oxygens (including phenoxy) is 2.